The maximum Gasteiger partial charge on any atom is 0.271 e. The van der Waals surface area contributed by atoms with Gasteiger partial charge in [-0.15, -0.1) is 0 Å². The highest BCUT2D eigenvalue weighted by molar-refractivity contribution is 6.40. The summed E-state index contributed by atoms with van der Waals surface area (Å²) in [6.07, 6.45) is 2.48. The van der Waals surface area contributed by atoms with Gasteiger partial charge in [-0.25, -0.2) is 4.68 Å². The first kappa shape index (κ1) is 15.6. The quantitative estimate of drug-likeness (QED) is 0.681. The third-order valence-corrected chi connectivity index (χ3v) is 3.16. The van der Waals surface area contributed by atoms with Crippen molar-refractivity contribution >= 4 is 52.7 Å². The van der Waals surface area contributed by atoms with E-state index in [-0.39, 0.29) is 0 Å². The molecule has 1 aromatic heterocycles. The number of hydrogen-bond donors (Lipinski definition) is 1. The van der Waals surface area contributed by atoms with Gasteiger partial charge in [0.05, 0.1) is 16.2 Å². The van der Waals surface area contributed by atoms with Gasteiger partial charge >= 0.3 is 0 Å². The average Bonchev–Trinajstić information content (AvgIpc) is 2.83. The number of carbonyl (C=O) groups is 1. The molecule has 1 amide bonds. The fourth-order valence-electron chi connectivity index (χ4n) is 1.57. The summed E-state index contributed by atoms with van der Waals surface area (Å²) in [4.78, 5) is 16.0. The molecule has 1 N–H and O–H groups in total. The molecule has 2 aromatic rings. The minimum Gasteiger partial charge on any atom is -0.399 e. The van der Waals surface area contributed by atoms with Gasteiger partial charge in [0.25, 0.3) is 5.91 Å². The fourth-order valence-corrected chi connectivity index (χ4v) is 2.55. The molecule has 6 nitrogen and oxygen atoms in total. The number of oxime groups is 1. The molecule has 0 aliphatic rings. The van der Waals surface area contributed by atoms with Crippen molar-refractivity contribution in [2.24, 2.45) is 5.16 Å². The Bertz CT molecular complexity index is 677. The second-order valence-corrected chi connectivity index (χ2v) is 5.00. The molecule has 110 valence electrons. The van der Waals surface area contributed by atoms with Crippen molar-refractivity contribution in [2.75, 3.05) is 12.4 Å². The highest BCUT2D eigenvalue weighted by Crippen LogP contribution is 2.33. The highest BCUT2D eigenvalue weighted by atomic mass is 35.5. The van der Waals surface area contributed by atoms with Gasteiger partial charge in [-0.2, -0.15) is 5.10 Å². The molecule has 0 bridgehead atoms. The van der Waals surface area contributed by atoms with E-state index in [2.05, 4.69) is 20.4 Å². The van der Waals surface area contributed by atoms with Gasteiger partial charge in [0.1, 0.15) is 24.8 Å². The molecule has 0 aliphatic carbocycles. The first-order valence-corrected chi connectivity index (χ1v) is 6.72. The van der Waals surface area contributed by atoms with E-state index in [1.54, 1.807) is 6.07 Å². The lowest BCUT2D eigenvalue weighted by Crippen LogP contribution is -2.16. The lowest BCUT2D eigenvalue weighted by Gasteiger charge is -2.11. The Morgan fingerprint density at radius 2 is 2.05 bits per heavy atom. The van der Waals surface area contributed by atoms with Crippen LogP contribution in [0.5, 0.6) is 0 Å². The molecule has 0 spiro atoms. The lowest BCUT2D eigenvalue weighted by atomic mass is 10.3. The molecule has 2 rings (SSSR count). The third-order valence-electron chi connectivity index (χ3n) is 2.36. The van der Waals surface area contributed by atoms with Crippen molar-refractivity contribution in [3.8, 4) is 5.69 Å². The normalized spacial score (nSPS) is 10.9. The second-order valence-electron chi connectivity index (χ2n) is 3.75. The van der Waals surface area contributed by atoms with E-state index in [1.165, 1.54) is 30.1 Å². The van der Waals surface area contributed by atoms with Crippen LogP contribution >= 0.6 is 34.8 Å². The van der Waals surface area contributed by atoms with Crippen LogP contribution in [0.25, 0.3) is 5.69 Å². The Morgan fingerprint density at radius 3 is 2.67 bits per heavy atom. The molecule has 9 heteroatoms. The van der Waals surface area contributed by atoms with Crippen LogP contribution in [-0.4, -0.2) is 29.0 Å². The van der Waals surface area contributed by atoms with E-state index in [1.807, 2.05) is 0 Å². The minimum absolute atomic E-state index is 0.303. The number of nitrogens with one attached hydrogen (secondary N) is 1. The van der Waals surface area contributed by atoms with Gasteiger partial charge in [0.2, 0.25) is 0 Å². The number of rotatable bonds is 4. The van der Waals surface area contributed by atoms with Crippen LogP contribution in [0.15, 0.2) is 29.6 Å². The Balaban J connectivity index is 2.37. The Morgan fingerprint density at radius 1 is 1.38 bits per heavy atom. The summed E-state index contributed by atoms with van der Waals surface area (Å²) >= 11 is 18.1. The summed E-state index contributed by atoms with van der Waals surface area (Å²) in [7, 11) is 1.33. The van der Waals surface area contributed by atoms with Crippen LogP contribution < -0.4 is 5.32 Å². The standard InChI is InChI=1S/C12H9Cl3N4O2/c1-21-17-6-11(20)18-10-2-3-16-19(10)12-8(14)4-7(13)5-9(12)15/h2-6H,1H3,(H,18,20). The zero-order chi connectivity index (χ0) is 15.4. The number of aromatic nitrogens is 2. The van der Waals surface area contributed by atoms with Gasteiger partial charge in [-0.1, -0.05) is 40.0 Å². The van der Waals surface area contributed by atoms with Gasteiger partial charge < -0.3 is 10.2 Å². The Kier molecular flexibility index (Phi) is 5.06. The zero-order valence-electron chi connectivity index (χ0n) is 10.7. The lowest BCUT2D eigenvalue weighted by molar-refractivity contribution is -0.110. The molecule has 0 atom stereocenters. The summed E-state index contributed by atoms with van der Waals surface area (Å²) in [6, 6.07) is 4.65. The Labute approximate surface area is 135 Å². The topological polar surface area (TPSA) is 68.5 Å². The number of benzene rings is 1. The zero-order valence-corrected chi connectivity index (χ0v) is 12.9. The van der Waals surface area contributed by atoms with Crippen molar-refractivity contribution in [2.45, 2.75) is 0 Å². The Hall–Kier alpha value is -1.76. The first-order valence-electron chi connectivity index (χ1n) is 5.59. The monoisotopic (exact) mass is 346 g/mol. The minimum atomic E-state index is -0.486. The summed E-state index contributed by atoms with van der Waals surface area (Å²) in [5.74, 6) is -0.117. The van der Waals surface area contributed by atoms with Crippen LogP contribution in [-0.2, 0) is 9.63 Å². The van der Waals surface area contributed by atoms with E-state index >= 15 is 0 Å². The summed E-state index contributed by atoms with van der Waals surface area (Å²) in [5.41, 5.74) is 0.409. The SMILES string of the molecule is CON=CC(=O)Nc1ccnn1-c1c(Cl)cc(Cl)cc1Cl. The predicted octanol–water partition coefficient (Wildman–Crippen LogP) is 3.40. The number of nitrogens with zero attached hydrogens (tertiary/aromatic N) is 3. The highest BCUT2D eigenvalue weighted by Gasteiger charge is 2.15. The molecule has 0 aliphatic heterocycles. The largest absolute Gasteiger partial charge is 0.399 e. The first-order chi connectivity index (χ1) is 10.0. The molecule has 0 saturated carbocycles. The van der Waals surface area contributed by atoms with E-state index in [0.717, 1.165) is 6.21 Å². The predicted molar refractivity (Wildman–Crippen MR) is 82.7 cm³/mol. The van der Waals surface area contributed by atoms with Crippen molar-refractivity contribution in [3.63, 3.8) is 0 Å². The average molecular weight is 348 g/mol. The number of anilines is 1. The third kappa shape index (κ3) is 3.66. The van der Waals surface area contributed by atoms with Crippen molar-refractivity contribution in [3.05, 3.63) is 39.5 Å². The van der Waals surface area contributed by atoms with E-state index in [0.29, 0.717) is 26.6 Å². The molecular weight excluding hydrogens is 339 g/mol. The van der Waals surface area contributed by atoms with Crippen LogP contribution in [0.3, 0.4) is 0 Å². The van der Waals surface area contributed by atoms with E-state index < -0.39 is 5.91 Å². The summed E-state index contributed by atoms with van der Waals surface area (Å²) < 4.78 is 1.39. The molecular formula is C12H9Cl3N4O2. The van der Waals surface area contributed by atoms with E-state index in [9.17, 15) is 4.79 Å². The van der Waals surface area contributed by atoms with Crippen molar-refractivity contribution < 1.29 is 9.63 Å². The van der Waals surface area contributed by atoms with Crippen LogP contribution in [0.4, 0.5) is 5.82 Å². The smallest absolute Gasteiger partial charge is 0.271 e. The molecule has 0 radical (unpaired) electrons. The molecule has 21 heavy (non-hydrogen) atoms. The van der Waals surface area contributed by atoms with Crippen LogP contribution in [0.1, 0.15) is 0 Å². The van der Waals surface area contributed by atoms with Crippen LogP contribution in [0.2, 0.25) is 15.1 Å². The number of amides is 1. The number of hydrogen-bond acceptors (Lipinski definition) is 4. The van der Waals surface area contributed by atoms with Gasteiger partial charge in [0.15, 0.2) is 0 Å². The summed E-state index contributed by atoms with van der Waals surface area (Å²) in [6.45, 7) is 0. The van der Waals surface area contributed by atoms with E-state index in [4.69, 9.17) is 34.8 Å². The van der Waals surface area contributed by atoms with Crippen LogP contribution in [0, 0.1) is 0 Å². The fraction of sp³-hybridized carbons (Fsp3) is 0.0833. The van der Waals surface area contributed by atoms with Crippen molar-refractivity contribution in [1.82, 2.24) is 9.78 Å². The molecule has 0 saturated heterocycles. The number of carbonyl (C=O) groups excluding carboxylic acids is 1. The van der Waals surface area contributed by atoms with Gasteiger partial charge in [0, 0.05) is 11.1 Å². The maximum absolute atomic E-state index is 11.6. The summed E-state index contributed by atoms with van der Waals surface area (Å²) in [5, 5.41) is 11.0. The van der Waals surface area contributed by atoms with Gasteiger partial charge in [-0.3, -0.25) is 4.79 Å². The van der Waals surface area contributed by atoms with Gasteiger partial charge in [-0.05, 0) is 12.1 Å². The maximum atomic E-state index is 11.6. The molecule has 1 aromatic carbocycles. The van der Waals surface area contributed by atoms with Crippen molar-refractivity contribution in [1.29, 1.82) is 0 Å². The molecule has 1 heterocycles. The second kappa shape index (κ2) is 6.80. The molecule has 0 unspecified atom stereocenters. The number of halogens is 3. The molecule has 0 fully saturated rings.